The molecule has 17 heavy (non-hydrogen) atoms. The number of benzene rings is 1. The van der Waals surface area contributed by atoms with Crippen LogP contribution in [0, 0.1) is 0 Å². The van der Waals surface area contributed by atoms with Gasteiger partial charge >= 0.3 is 0 Å². The van der Waals surface area contributed by atoms with E-state index in [0.717, 1.165) is 25.2 Å². The Morgan fingerprint density at radius 1 is 1.24 bits per heavy atom. The van der Waals surface area contributed by atoms with Crippen molar-refractivity contribution >= 4 is 11.4 Å². The Balaban J connectivity index is 2.63. The van der Waals surface area contributed by atoms with Crippen molar-refractivity contribution in [1.82, 2.24) is 0 Å². The molecule has 1 aromatic rings. The SMILES string of the molecule is CCN(CCC(C)(C)OC)c1ccc(N)cc1. The zero-order valence-electron chi connectivity index (χ0n) is 11.4. The standard InChI is InChI=1S/C14H24N2O/c1-5-16(11-10-14(2,3)17-4)13-8-6-12(15)7-9-13/h6-9H,5,10-11,15H2,1-4H3. The molecule has 0 bridgehead atoms. The monoisotopic (exact) mass is 236 g/mol. The van der Waals surface area contributed by atoms with E-state index in [1.807, 2.05) is 12.1 Å². The van der Waals surface area contributed by atoms with Crippen LogP contribution >= 0.6 is 0 Å². The summed E-state index contributed by atoms with van der Waals surface area (Å²) in [5.74, 6) is 0. The van der Waals surface area contributed by atoms with Crippen molar-refractivity contribution in [3.05, 3.63) is 24.3 Å². The molecule has 1 rings (SSSR count). The molecule has 0 aliphatic carbocycles. The minimum absolute atomic E-state index is 0.0682. The molecule has 0 amide bonds. The van der Waals surface area contributed by atoms with E-state index in [-0.39, 0.29) is 5.60 Å². The lowest BCUT2D eigenvalue weighted by Gasteiger charge is -2.29. The summed E-state index contributed by atoms with van der Waals surface area (Å²) in [7, 11) is 1.76. The number of methoxy groups -OCH3 is 1. The minimum Gasteiger partial charge on any atom is -0.399 e. The van der Waals surface area contributed by atoms with Crippen molar-refractivity contribution in [2.75, 3.05) is 30.8 Å². The predicted molar refractivity (Wildman–Crippen MR) is 74.4 cm³/mol. The fourth-order valence-electron chi connectivity index (χ4n) is 1.66. The second kappa shape index (κ2) is 5.92. The number of nitrogen functional groups attached to an aromatic ring is 1. The van der Waals surface area contributed by atoms with Gasteiger partial charge < -0.3 is 15.4 Å². The molecule has 0 heterocycles. The molecule has 0 saturated heterocycles. The highest BCUT2D eigenvalue weighted by Gasteiger charge is 2.17. The normalized spacial score (nSPS) is 11.5. The van der Waals surface area contributed by atoms with Crippen LogP contribution in [0.2, 0.25) is 0 Å². The van der Waals surface area contributed by atoms with Crippen molar-refractivity contribution in [3.63, 3.8) is 0 Å². The van der Waals surface area contributed by atoms with Crippen LogP contribution in [0.1, 0.15) is 27.2 Å². The summed E-state index contributed by atoms with van der Waals surface area (Å²) in [5.41, 5.74) is 7.65. The number of nitrogens with two attached hydrogens (primary N) is 1. The molecule has 0 aliphatic rings. The number of hydrogen-bond donors (Lipinski definition) is 1. The fourth-order valence-corrected chi connectivity index (χ4v) is 1.66. The first-order valence-corrected chi connectivity index (χ1v) is 6.14. The van der Waals surface area contributed by atoms with Gasteiger partial charge in [0.1, 0.15) is 0 Å². The van der Waals surface area contributed by atoms with E-state index in [4.69, 9.17) is 10.5 Å². The van der Waals surface area contributed by atoms with Crippen LogP contribution in [0.4, 0.5) is 11.4 Å². The lowest BCUT2D eigenvalue weighted by Crippen LogP contribution is -2.32. The zero-order chi connectivity index (χ0) is 12.9. The summed E-state index contributed by atoms with van der Waals surface area (Å²) in [6.07, 6.45) is 1.00. The van der Waals surface area contributed by atoms with Crippen LogP contribution < -0.4 is 10.6 Å². The van der Waals surface area contributed by atoms with Crippen LogP contribution in [0.25, 0.3) is 0 Å². The van der Waals surface area contributed by atoms with Crippen molar-refractivity contribution in [1.29, 1.82) is 0 Å². The molecule has 3 nitrogen and oxygen atoms in total. The van der Waals surface area contributed by atoms with Gasteiger partial charge in [0.15, 0.2) is 0 Å². The molecule has 0 spiro atoms. The van der Waals surface area contributed by atoms with E-state index in [9.17, 15) is 0 Å². The lowest BCUT2D eigenvalue weighted by molar-refractivity contribution is 0.0172. The summed E-state index contributed by atoms with van der Waals surface area (Å²) in [5, 5.41) is 0. The molecule has 0 radical (unpaired) electrons. The van der Waals surface area contributed by atoms with Crippen molar-refractivity contribution < 1.29 is 4.74 Å². The summed E-state index contributed by atoms with van der Waals surface area (Å²) in [6, 6.07) is 8.02. The molecule has 2 N–H and O–H groups in total. The van der Waals surface area contributed by atoms with Gasteiger partial charge in [-0.1, -0.05) is 0 Å². The van der Waals surface area contributed by atoms with Crippen LogP contribution in [0.3, 0.4) is 0 Å². The smallest absolute Gasteiger partial charge is 0.0639 e. The zero-order valence-corrected chi connectivity index (χ0v) is 11.4. The largest absolute Gasteiger partial charge is 0.399 e. The van der Waals surface area contributed by atoms with Crippen LogP contribution in [-0.4, -0.2) is 25.8 Å². The Morgan fingerprint density at radius 2 is 1.82 bits per heavy atom. The summed E-state index contributed by atoms with van der Waals surface area (Å²) < 4.78 is 5.44. The van der Waals surface area contributed by atoms with Crippen LogP contribution in [0.15, 0.2) is 24.3 Å². The van der Waals surface area contributed by atoms with Gasteiger partial charge in [-0.2, -0.15) is 0 Å². The van der Waals surface area contributed by atoms with Gasteiger partial charge in [0.05, 0.1) is 5.60 Å². The van der Waals surface area contributed by atoms with E-state index in [2.05, 4.69) is 37.8 Å². The topological polar surface area (TPSA) is 38.5 Å². The second-order valence-corrected chi connectivity index (χ2v) is 4.89. The first-order chi connectivity index (χ1) is 7.98. The highest BCUT2D eigenvalue weighted by molar-refractivity contribution is 5.52. The van der Waals surface area contributed by atoms with Gasteiger partial charge in [-0.25, -0.2) is 0 Å². The predicted octanol–water partition coefficient (Wildman–Crippen LogP) is 2.91. The maximum atomic E-state index is 5.69. The number of anilines is 2. The number of rotatable bonds is 6. The third kappa shape index (κ3) is 4.27. The van der Waals surface area contributed by atoms with Gasteiger partial charge in [-0.3, -0.25) is 0 Å². The number of hydrogen-bond acceptors (Lipinski definition) is 3. The van der Waals surface area contributed by atoms with Gasteiger partial charge in [0.2, 0.25) is 0 Å². The highest BCUT2D eigenvalue weighted by atomic mass is 16.5. The summed E-state index contributed by atoms with van der Waals surface area (Å²) >= 11 is 0. The Morgan fingerprint density at radius 3 is 2.29 bits per heavy atom. The van der Waals surface area contributed by atoms with Crippen LogP contribution in [0.5, 0.6) is 0 Å². The quantitative estimate of drug-likeness (QED) is 0.772. The molecular formula is C14H24N2O. The first kappa shape index (κ1) is 13.8. The Hall–Kier alpha value is -1.22. The van der Waals surface area contributed by atoms with E-state index in [0.29, 0.717) is 0 Å². The molecule has 0 unspecified atom stereocenters. The summed E-state index contributed by atoms with van der Waals surface area (Å²) in [4.78, 5) is 2.33. The molecule has 0 aromatic heterocycles. The first-order valence-electron chi connectivity index (χ1n) is 6.14. The molecule has 1 aromatic carbocycles. The molecule has 0 aliphatic heterocycles. The average molecular weight is 236 g/mol. The Kier molecular flexibility index (Phi) is 4.82. The van der Waals surface area contributed by atoms with Gasteiger partial charge in [0, 0.05) is 31.6 Å². The maximum Gasteiger partial charge on any atom is 0.0639 e. The molecule has 96 valence electrons. The average Bonchev–Trinajstić information content (AvgIpc) is 2.32. The molecule has 3 heteroatoms. The third-order valence-electron chi connectivity index (χ3n) is 3.18. The second-order valence-electron chi connectivity index (χ2n) is 4.89. The molecule has 0 atom stereocenters. The van der Waals surface area contributed by atoms with Crippen molar-refractivity contribution in [3.8, 4) is 0 Å². The van der Waals surface area contributed by atoms with E-state index >= 15 is 0 Å². The van der Waals surface area contributed by atoms with E-state index in [1.54, 1.807) is 7.11 Å². The number of nitrogens with zero attached hydrogens (tertiary/aromatic N) is 1. The molecular weight excluding hydrogens is 212 g/mol. The highest BCUT2D eigenvalue weighted by Crippen LogP contribution is 2.19. The van der Waals surface area contributed by atoms with Gasteiger partial charge in [-0.05, 0) is 51.5 Å². The van der Waals surface area contributed by atoms with Crippen LogP contribution in [-0.2, 0) is 4.74 Å². The van der Waals surface area contributed by atoms with Gasteiger partial charge in [0.25, 0.3) is 0 Å². The summed E-state index contributed by atoms with van der Waals surface area (Å²) in [6.45, 7) is 8.37. The molecule has 0 fully saturated rings. The van der Waals surface area contributed by atoms with Crippen molar-refractivity contribution in [2.45, 2.75) is 32.8 Å². The van der Waals surface area contributed by atoms with E-state index < -0.39 is 0 Å². The van der Waals surface area contributed by atoms with Gasteiger partial charge in [-0.15, -0.1) is 0 Å². The molecule has 0 saturated carbocycles. The maximum absolute atomic E-state index is 5.69. The van der Waals surface area contributed by atoms with E-state index in [1.165, 1.54) is 5.69 Å². The number of ether oxygens (including phenoxy) is 1. The Bertz CT molecular complexity index is 333. The Labute approximate surface area is 105 Å². The third-order valence-corrected chi connectivity index (χ3v) is 3.18. The lowest BCUT2D eigenvalue weighted by atomic mass is 10.0. The minimum atomic E-state index is -0.0682. The van der Waals surface area contributed by atoms with Crippen molar-refractivity contribution in [2.24, 2.45) is 0 Å². The fraction of sp³-hybridized carbons (Fsp3) is 0.571.